The maximum absolute atomic E-state index is 14.2. The van der Waals surface area contributed by atoms with Crippen molar-refractivity contribution < 1.29 is 24.2 Å². The number of aliphatic hydroxyl groups excluding tert-OH is 1. The highest BCUT2D eigenvalue weighted by molar-refractivity contribution is 8.02. The summed E-state index contributed by atoms with van der Waals surface area (Å²) >= 11 is 1.56. The Bertz CT molecular complexity index is 1220. The van der Waals surface area contributed by atoms with Crippen LogP contribution in [0.2, 0.25) is 0 Å². The molecule has 1 N–H and O–H groups in total. The van der Waals surface area contributed by atoms with Gasteiger partial charge in [0.05, 0.1) is 28.7 Å². The van der Waals surface area contributed by atoms with Crippen molar-refractivity contribution in [2.24, 2.45) is 11.8 Å². The maximum Gasteiger partial charge on any atom is 0.311 e. The number of thioether (sulfide) groups is 1. The number of ether oxygens (including phenoxy) is 1. The van der Waals surface area contributed by atoms with Gasteiger partial charge in [-0.25, -0.2) is 4.68 Å². The average Bonchev–Trinajstić information content (AvgIpc) is 3.62. The maximum atomic E-state index is 14.2. The summed E-state index contributed by atoms with van der Waals surface area (Å²) in [5, 5.41) is 18.1. The lowest BCUT2D eigenvalue weighted by molar-refractivity contribution is -0.153. The number of β-amino-alcohol motifs (C(OH)–C–C–N with tert-alkyl or cyclic N) is 1. The standard InChI is InChI=1S/C25H29N5O5S/c1-3-11-28(15-30-17-8-6-5-7-16(17)26-27-30)23(33)21-25-10-9-18(36-25)19(24(34)35-14-4-2)20(25)22(32)29(21)12-13-31/h3-8,18-21,31H,1-2,9-15H2/t18-,19+,20+,21?,25?/m1/s1. The molecule has 5 atom stereocenters. The van der Waals surface area contributed by atoms with Gasteiger partial charge < -0.3 is 19.6 Å². The fourth-order valence-corrected chi connectivity index (χ4v) is 8.22. The van der Waals surface area contributed by atoms with Crippen molar-refractivity contribution in [3.63, 3.8) is 0 Å². The van der Waals surface area contributed by atoms with Gasteiger partial charge >= 0.3 is 5.97 Å². The molecule has 2 aromatic rings. The zero-order chi connectivity index (χ0) is 25.4. The highest BCUT2D eigenvalue weighted by Crippen LogP contribution is 2.66. The molecule has 3 saturated heterocycles. The van der Waals surface area contributed by atoms with E-state index in [9.17, 15) is 19.5 Å². The molecule has 1 aromatic heterocycles. The van der Waals surface area contributed by atoms with E-state index in [1.807, 2.05) is 24.3 Å². The molecule has 2 amide bonds. The molecule has 10 nitrogen and oxygen atoms in total. The molecule has 36 heavy (non-hydrogen) atoms. The van der Waals surface area contributed by atoms with Gasteiger partial charge in [-0.3, -0.25) is 14.4 Å². The van der Waals surface area contributed by atoms with Gasteiger partial charge in [0, 0.05) is 18.3 Å². The van der Waals surface area contributed by atoms with E-state index in [-0.39, 0.29) is 50.0 Å². The van der Waals surface area contributed by atoms with E-state index in [1.54, 1.807) is 27.4 Å². The molecule has 3 aliphatic heterocycles. The number of nitrogens with zero attached hydrogens (tertiary/aromatic N) is 5. The Morgan fingerprint density at radius 2 is 2.11 bits per heavy atom. The Labute approximate surface area is 212 Å². The van der Waals surface area contributed by atoms with Crippen LogP contribution in [0.15, 0.2) is 49.6 Å². The van der Waals surface area contributed by atoms with Crippen LogP contribution in [-0.4, -0.2) is 90.0 Å². The van der Waals surface area contributed by atoms with Gasteiger partial charge in [0.2, 0.25) is 11.8 Å². The minimum Gasteiger partial charge on any atom is -0.461 e. The molecule has 3 aliphatic rings. The Morgan fingerprint density at radius 3 is 2.86 bits per heavy atom. The van der Waals surface area contributed by atoms with E-state index >= 15 is 0 Å². The zero-order valence-electron chi connectivity index (χ0n) is 19.9. The topological polar surface area (TPSA) is 118 Å². The molecular weight excluding hydrogens is 482 g/mol. The van der Waals surface area contributed by atoms with E-state index < -0.39 is 28.6 Å². The van der Waals surface area contributed by atoms with Crippen LogP contribution in [0.1, 0.15) is 12.8 Å². The van der Waals surface area contributed by atoms with Crippen molar-refractivity contribution in [3.05, 3.63) is 49.6 Å². The monoisotopic (exact) mass is 511 g/mol. The SMILES string of the molecule is C=CCOC(=O)[C@@H]1[C@H]2C(=O)N(CCO)C(C(=O)N(CC=C)Cn3nnc4ccccc43)C23CC[C@H]1S3. The number of fused-ring (bicyclic) bond motifs is 2. The summed E-state index contributed by atoms with van der Waals surface area (Å²) in [7, 11) is 0. The molecule has 0 saturated carbocycles. The van der Waals surface area contributed by atoms with Gasteiger partial charge in [-0.15, -0.1) is 23.4 Å². The first-order valence-electron chi connectivity index (χ1n) is 12.0. The molecule has 5 rings (SSSR count). The number of likely N-dealkylation sites (tertiary alicyclic amines) is 1. The molecule has 0 aliphatic carbocycles. The quantitative estimate of drug-likeness (QED) is 0.374. The third kappa shape index (κ3) is 3.72. The molecule has 3 fully saturated rings. The number of aliphatic hydroxyl groups is 1. The summed E-state index contributed by atoms with van der Waals surface area (Å²) in [5.74, 6) is -2.25. The number of carbonyl (C=O) groups excluding carboxylic acids is 3. The number of rotatable bonds is 10. The van der Waals surface area contributed by atoms with Crippen LogP contribution in [0, 0.1) is 11.8 Å². The molecule has 1 aromatic carbocycles. The van der Waals surface area contributed by atoms with Crippen molar-refractivity contribution in [1.29, 1.82) is 0 Å². The molecule has 11 heteroatoms. The summed E-state index contributed by atoms with van der Waals surface area (Å²) < 4.78 is 6.24. The average molecular weight is 512 g/mol. The van der Waals surface area contributed by atoms with Crippen molar-refractivity contribution in [2.45, 2.75) is 35.5 Å². The number of benzene rings is 1. The predicted molar refractivity (Wildman–Crippen MR) is 134 cm³/mol. The second-order valence-electron chi connectivity index (χ2n) is 9.30. The van der Waals surface area contributed by atoms with Crippen LogP contribution in [0.5, 0.6) is 0 Å². The number of hydrogen-bond acceptors (Lipinski definition) is 8. The van der Waals surface area contributed by atoms with Crippen molar-refractivity contribution in [1.82, 2.24) is 24.8 Å². The van der Waals surface area contributed by atoms with E-state index in [2.05, 4.69) is 23.5 Å². The van der Waals surface area contributed by atoms with Gasteiger partial charge in [0.15, 0.2) is 0 Å². The Morgan fingerprint density at radius 1 is 1.31 bits per heavy atom. The van der Waals surface area contributed by atoms with E-state index in [0.717, 1.165) is 5.52 Å². The van der Waals surface area contributed by atoms with Crippen LogP contribution >= 0.6 is 11.8 Å². The summed E-state index contributed by atoms with van der Waals surface area (Å²) in [6.07, 6.45) is 4.48. The second kappa shape index (κ2) is 9.70. The van der Waals surface area contributed by atoms with Crippen LogP contribution in [-0.2, 0) is 25.8 Å². The van der Waals surface area contributed by atoms with Crippen LogP contribution in [0.4, 0.5) is 0 Å². The first kappa shape index (κ1) is 24.5. The smallest absolute Gasteiger partial charge is 0.311 e. The number of hydrogen-bond donors (Lipinski definition) is 1. The van der Waals surface area contributed by atoms with Crippen LogP contribution < -0.4 is 0 Å². The highest BCUT2D eigenvalue weighted by atomic mass is 32.2. The first-order chi connectivity index (χ1) is 17.5. The lowest BCUT2D eigenvalue weighted by Gasteiger charge is -2.37. The predicted octanol–water partition coefficient (Wildman–Crippen LogP) is 1.22. The highest BCUT2D eigenvalue weighted by Gasteiger charge is 2.74. The summed E-state index contributed by atoms with van der Waals surface area (Å²) in [6, 6.07) is 6.66. The van der Waals surface area contributed by atoms with Gasteiger partial charge in [0.25, 0.3) is 0 Å². The Balaban J connectivity index is 1.49. The van der Waals surface area contributed by atoms with Gasteiger partial charge in [-0.2, -0.15) is 0 Å². The second-order valence-corrected chi connectivity index (χ2v) is 10.9. The number of carbonyl (C=O) groups is 3. The zero-order valence-corrected chi connectivity index (χ0v) is 20.7. The number of para-hydroxylation sites is 1. The fraction of sp³-hybridized carbons (Fsp3) is 0.480. The van der Waals surface area contributed by atoms with E-state index in [0.29, 0.717) is 18.4 Å². The first-order valence-corrected chi connectivity index (χ1v) is 12.9. The van der Waals surface area contributed by atoms with Gasteiger partial charge in [0.1, 0.15) is 24.8 Å². The summed E-state index contributed by atoms with van der Waals surface area (Å²) in [5.41, 5.74) is 1.50. The van der Waals surface area contributed by atoms with Gasteiger partial charge in [-0.05, 0) is 25.0 Å². The molecule has 1 spiro atoms. The molecule has 2 bridgehead atoms. The third-order valence-electron chi connectivity index (χ3n) is 7.38. The molecule has 4 heterocycles. The summed E-state index contributed by atoms with van der Waals surface area (Å²) in [4.78, 5) is 43.9. The number of amides is 2. The van der Waals surface area contributed by atoms with Crippen molar-refractivity contribution in [2.75, 3.05) is 26.3 Å². The molecule has 0 radical (unpaired) electrons. The lowest BCUT2D eigenvalue weighted by Crippen LogP contribution is -2.55. The lowest BCUT2D eigenvalue weighted by atomic mass is 9.71. The van der Waals surface area contributed by atoms with Crippen LogP contribution in [0.3, 0.4) is 0 Å². The molecular formula is C25H29N5O5S. The minimum atomic E-state index is -0.816. The van der Waals surface area contributed by atoms with Gasteiger partial charge in [-0.1, -0.05) is 36.1 Å². The van der Waals surface area contributed by atoms with Crippen molar-refractivity contribution >= 4 is 40.6 Å². The van der Waals surface area contributed by atoms with E-state index in [1.165, 1.54) is 11.0 Å². The fourth-order valence-electron chi connectivity index (χ4n) is 6.02. The minimum absolute atomic E-state index is 0.0152. The Kier molecular flexibility index (Phi) is 6.60. The largest absolute Gasteiger partial charge is 0.461 e. The number of esters is 1. The Hall–Kier alpha value is -3.18. The third-order valence-corrected chi connectivity index (χ3v) is 9.33. The van der Waals surface area contributed by atoms with Crippen LogP contribution in [0.25, 0.3) is 11.0 Å². The molecule has 190 valence electrons. The van der Waals surface area contributed by atoms with Crippen molar-refractivity contribution in [3.8, 4) is 0 Å². The summed E-state index contributed by atoms with van der Waals surface area (Å²) in [6.45, 7) is 7.57. The number of aromatic nitrogens is 3. The molecule has 2 unspecified atom stereocenters. The van der Waals surface area contributed by atoms with E-state index in [4.69, 9.17) is 4.74 Å². The normalized spacial score (nSPS) is 28.4.